The van der Waals surface area contributed by atoms with Crippen molar-refractivity contribution in [2.75, 3.05) is 10.6 Å². The number of anilines is 3. The van der Waals surface area contributed by atoms with Gasteiger partial charge in [-0.25, -0.2) is 19.9 Å². The normalized spacial score (nSPS) is 12.2. The van der Waals surface area contributed by atoms with Crippen molar-refractivity contribution in [3.8, 4) is 11.6 Å². The van der Waals surface area contributed by atoms with E-state index in [0.717, 1.165) is 18.5 Å². The van der Waals surface area contributed by atoms with E-state index in [2.05, 4.69) is 35.6 Å². The number of nitrogens with zero attached hydrogens (tertiary/aromatic N) is 5. The molecule has 0 radical (unpaired) electrons. The smallest absolute Gasteiger partial charge is 0.368 e. The summed E-state index contributed by atoms with van der Waals surface area (Å²) in [5.41, 5.74) is -2.19. The molecule has 0 saturated carbocycles. The van der Waals surface area contributed by atoms with Gasteiger partial charge in [0.15, 0.2) is 5.82 Å². The fourth-order valence-electron chi connectivity index (χ4n) is 2.42. The minimum absolute atomic E-state index is 0.00952. The van der Waals surface area contributed by atoms with Gasteiger partial charge in [0.05, 0.1) is 17.4 Å². The van der Waals surface area contributed by atoms with Gasteiger partial charge >= 0.3 is 12.4 Å². The van der Waals surface area contributed by atoms with E-state index in [1.54, 1.807) is 13.8 Å². The third kappa shape index (κ3) is 5.77. The molecule has 3 aromatic rings. The average Bonchev–Trinajstić information content (AvgIpc) is 2.66. The molecular weight excluding hydrogens is 428 g/mol. The van der Waals surface area contributed by atoms with Gasteiger partial charge in [-0.05, 0) is 26.0 Å². The Balaban J connectivity index is 2.02. The van der Waals surface area contributed by atoms with Crippen molar-refractivity contribution in [1.29, 1.82) is 0 Å². The highest BCUT2D eigenvalue weighted by Crippen LogP contribution is 2.31. The molecule has 0 saturated heterocycles. The summed E-state index contributed by atoms with van der Waals surface area (Å²) in [6.45, 7) is 3.60. The minimum Gasteiger partial charge on any atom is -0.368 e. The first-order valence-corrected chi connectivity index (χ1v) is 8.77. The average molecular weight is 443 g/mol. The zero-order valence-electron chi connectivity index (χ0n) is 16.0. The van der Waals surface area contributed by atoms with Crippen LogP contribution in [0.1, 0.15) is 25.1 Å². The molecule has 0 spiro atoms. The standard InChI is InChI=1S/C18H15F6N7/c1-9(2)27-13-6-14(28-11-5-10(7-25-8-11)17(19,20)21)31-16(30-13)15-26-4-3-12(29-15)18(22,23)24/h3-9H,1-2H3,(H2,27,28,30,31). The van der Waals surface area contributed by atoms with Gasteiger partial charge < -0.3 is 10.6 Å². The van der Waals surface area contributed by atoms with Crippen LogP contribution in [0, 0.1) is 0 Å². The molecular formula is C18H15F6N7. The third-order valence-electron chi connectivity index (χ3n) is 3.65. The lowest BCUT2D eigenvalue weighted by atomic mass is 10.2. The Hall–Kier alpha value is -3.51. The van der Waals surface area contributed by atoms with Crippen molar-refractivity contribution in [1.82, 2.24) is 24.9 Å². The quantitative estimate of drug-likeness (QED) is 0.541. The molecule has 0 atom stereocenters. The van der Waals surface area contributed by atoms with Crippen LogP contribution in [0.2, 0.25) is 0 Å². The number of hydrogen-bond donors (Lipinski definition) is 2. The Morgan fingerprint density at radius 1 is 0.839 bits per heavy atom. The molecule has 13 heteroatoms. The van der Waals surface area contributed by atoms with Gasteiger partial charge in [0.1, 0.15) is 17.3 Å². The van der Waals surface area contributed by atoms with Crippen LogP contribution >= 0.6 is 0 Å². The summed E-state index contributed by atoms with van der Waals surface area (Å²) >= 11 is 0. The molecule has 31 heavy (non-hydrogen) atoms. The van der Waals surface area contributed by atoms with Crippen molar-refractivity contribution in [3.63, 3.8) is 0 Å². The molecule has 0 aliphatic rings. The van der Waals surface area contributed by atoms with Crippen molar-refractivity contribution in [2.45, 2.75) is 32.2 Å². The molecule has 164 valence electrons. The Bertz CT molecular complexity index is 1070. The minimum atomic E-state index is -4.70. The number of alkyl halides is 6. The molecule has 2 N–H and O–H groups in total. The molecule has 0 aliphatic carbocycles. The van der Waals surface area contributed by atoms with E-state index in [0.29, 0.717) is 12.3 Å². The molecule has 0 unspecified atom stereocenters. The van der Waals surface area contributed by atoms with E-state index in [1.807, 2.05) is 0 Å². The fourth-order valence-corrected chi connectivity index (χ4v) is 2.42. The summed E-state index contributed by atoms with van der Waals surface area (Å²) in [5.74, 6) is -0.426. The first-order valence-electron chi connectivity index (χ1n) is 8.77. The maximum Gasteiger partial charge on any atom is 0.433 e. The van der Waals surface area contributed by atoms with Crippen molar-refractivity contribution >= 4 is 17.3 Å². The van der Waals surface area contributed by atoms with E-state index in [9.17, 15) is 26.3 Å². The van der Waals surface area contributed by atoms with Gasteiger partial charge in [-0.3, -0.25) is 4.98 Å². The van der Waals surface area contributed by atoms with Crippen LogP contribution in [0.4, 0.5) is 43.7 Å². The molecule has 0 fully saturated rings. The SMILES string of the molecule is CC(C)Nc1cc(Nc2cncc(C(F)(F)F)c2)nc(-c2nccc(C(F)(F)F)n2)n1. The number of nitrogens with one attached hydrogen (secondary N) is 2. The maximum absolute atomic E-state index is 13.0. The van der Waals surface area contributed by atoms with Crippen LogP contribution in [0.3, 0.4) is 0 Å². The molecule has 0 aromatic carbocycles. The zero-order valence-corrected chi connectivity index (χ0v) is 16.0. The van der Waals surface area contributed by atoms with Crippen molar-refractivity contribution in [2.24, 2.45) is 0 Å². The lowest BCUT2D eigenvalue weighted by Gasteiger charge is -2.14. The molecule has 0 aliphatic heterocycles. The Morgan fingerprint density at radius 2 is 1.55 bits per heavy atom. The highest BCUT2D eigenvalue weighted by Gasteiger charge is 2.33. The Morgan fingerprint density at radius 3 is 2.19 bits per heavy atom. The summed E-state index contributed by atoms with van der Waals surface area (Å²) in [6, 6.07) is 2.81. The highest BCUT2D eigenvalue weighted by molar-refractivity contribution is 5.62. The second kappa shape index (κ2) is 8.32. The van der Waals surface area contributed by atoms with Crippen LogP contribution < -0.4 is 10.6 Å². The van der Waals surface area contributed by atoms with Gasteiger partial charge in [0.25, 0.3) is 0 Å². The topological polar surface area (TPSA) is 88.5 Å². The maximum atomic E-state index is 13.0. The third-order valence-corrected chi connectivity index (χ3v) is 3.65. The lowest BCUT2D eigenvalue weighted by Crippen LogP contribution is -2.13. The van der Waals surface area contributed by atoms with Gasteiger partial charge in [-0.15, -0.1) is 0 Å². The lowest BCUT2D eigenvalue weighted by molar-refractivity contribution is -0.141. The van der Waals surface area contributed by atoms with Crippen LogP contribution in [0.15, 0.2) is 36.8 Å². The number of hydrogen-bond acceptors (Lipinski definition) is 7. The number of pyridine rings is 1. The van der Waals surface area contributed by atoms with E-state index >= 15 is 0 Å². The molecule has 0 bridgehead atoms. The second-order valence-corrected chi connectivity index (χ2v) is 6.61. The van der Waals surface area contributed by atoms with E-state index in [1.165, 1.54) is 6.07 Å². The molecule has 3 aromatic heterocycles. The van der Waals surface area contributed by atoms with Crippen LogP contribution in [0.5, 0.6) is 0 Å². The second-order valence-electron chi connectivity index (χ2n) is 6.61. The summed E-state index contributed by atoms with van der Waals surface area (Å²) in [6.07, 6.45) is -6.57. The van der Waals surface area contributed by atoms with Crippen LogP contribution in [-0.2, 0) is 12.4 Å². The fraction of sp³-hybridized carbons (Fsp3) is 0.278. The number of aromatic nitrogens is 5. The van der Waals surface area contributed by atoms with Gasteiger partial charge in [0, 0.05) is 24.5 Å². The van der Waals surface area contributed by atoms with Gasteiger partial charge in [-0.2, -0.15) is 26.3 Å². The first kappa shape index (κ1) is 22.2. The summed E-state index contributed by atoms with van der Waals surface area (Å²) in [7, 11) is 0. The van der Waals surface area contributed by atoms with E-state index in [4.69, 9.17) is 0 Å². The predicted octanol–water partition coefficient (Wildman–Crippen LogP) is 4.93. The molecule has 0 amide bonds. The molecule has 7 nitrogen and oxygen atoms in total. The first-order chi connectivity index (χ1) is 14.4. The van der Waals surface area contributed by atoms with E-state index in [-0.39, 0.29) is 29.2 Å². The molecule has 3 heterocycles. The van der Waals surface area contributed by atoms with Crippen molar-refractivity contribution in [3.05, 3.63) is 48.0 Å². The van der Waals surface area contributed by atoms with Crippen LogP contribution in [0.25, 0.3) is 11.6 Å². The predicted molar refractivity (Wildman–Crippen MR) is 99.3 cm³/mol. The van der Waals surface area contributed by atoms with Crippen LogP contribution in [-0.4, -0.2) is 31.0 Å². The number of rotatable bonds is 5. The summed E-state index contributed by atoms with van der Waals surface area (Å²) in [5, 5.41) is 5.61. The highest BCUT2D eigenvalue weighted by atomic mass is 19.4. The summed E-state index contributed by atoms with van der Waals surface area (Å²) < 4.78 is 77.7. The summed E-state index contributed by atoms with van der Waals surface area (Å²) in [4.78, 5) is 19.0. The van der Waals surface area contributed by atoms with Crippen molar-refractivity contribution < 1.29 is 26.3 Å². The zero-order chi connectivity index (χ0) is 22.8. The van der Waals surface area contributed by atoms with E-state index < -0.39 is 29.4 Å². The largest absolute Gasteiger partial charge is 0.433 e. The molecule has 3 rings (SSSR count). The van der Waals surface area contributed by atoms with Gasteiger partial charge in [-0.1, -0.05) is 0 Å². The monoisotopic (exact) mass is 443 g/mol. The Labute approximate surface area is 172 Å². The number of halogens is 6. The van der Waals surface area contributed by atoms with Gasteiger partial charge in [0.2, 0.25) is 5.82 Å². The Kier molecular flexibility index (Phi) is 5.95.